The van der Waals surface area contributed by atoms with Gasteiger partial charge in [0, 0.05) is 11.1 Å². The van der Waals surface area contributed by atoms with Crippen LogP contribution >= 0.6 is 0 Å². The highest BCUT2D eigenvalue weighted by molar-refractivity contribution is 6.08. The highest BCUT2D eigenvalue weighted by atomic mass is 16.6. The average Bonchev–Trinajstić information content (AvgIpc) is 2.73. The lowest BCUT2D eigenvalue weighted by molar-refractivity contribution is 0.103. The molecule has 2 aromatic carbocycles. The average molecular weight is 361 g/mol. The quantitative estimate of drug-likeness (QED) is 0.656. The van der Waals surface area contributed by atoms with Crippen molar-refractivity contribution in [2.24, 2.45) is 0 Å². The van der Waals surface area contributed by atoms with Crippen LogP contribution in [0.3, 0.4) is 0 Å². The zero-order valence-corrected chi connectivity index (χ0v) is 15.2. The third-order valence-electron chi connectivity index (χ3n) is 4.42. The molecule has 0 unspecified atom stereocenters. The molecular formula is C22H19NO4. The molecule has 27 heavy (non-hydrogen) atoms. The second-order valence-corrected chi connectivity index (χ2v) is 6.31. The Morgan fingerprint density at radius 1 is 1.04 bits per heavy atom. The Labute approximate surface area is 157 Å². The van der Waals surface area contributed by atoms with E-state index in [1.165, 1.54) is 12.7 Å². The Bertz CT molecular complexity index is 978. The predicted octanol–water partition coefficient (Wildman–Crippen LogP) is 4.07. The summed E-state index contributed by atoms with van der Waals surface area (Å²) < 4.78 is 16.6. The molecule has 0 amide bonds. The third-order valence-corrected chi connectivity index (χ3v) is 4.42. The maximum Gasteiger partial charge on any atom is 0.211 e. The van der Waals surface area contributed by atoms with E-state index in [0.29, 0.717) is 41.7 Å². The fourth-order valence-electron chi connectivity index (χ4n) is 3.00. The van der Waals surface area contributed by atoms with Gasteiger partial charge < -0.3 is 14.2 Å². The Morgan fingerprint density at radius 3 is 2.59 bits per heavy atom. The first kappa shape index (κ1) is 17.1. The molecule has 1 aliphatic rings. The number of fused-ring (bicyclic) bond motifs is 1. The Morgan fingerprint density at radius 2 is 1.81 bits per heavy atom. The highest BCUT2D eigenvalue weighted by Gasteiger charge is 2.22. The van der Waals surface area contributed by atoms with Crippen molar-refractivity contribution < 1.29 is 19.0 Å². The summed E-state index contributed by atoms with van der Waals surface area (Å²) in [4.78, 5) is 17.6. The first-order valence-electron chi connectivity index (χ1n) is 8.72. The number of aromatic nitrogens is 1. The summed E-state index contributed by atoms with van der Waals surface area (Å²) in [5.41, 5.74) is 3.71. The molecular weight excluding hydrogens is 342 g/mol. The molecule has 0 bridgehead atoms. The fraction of sp³-hybridized carbons (Fsp3) is 0.182. The lowest BCUT2D eigenvalue weighted by atomic mass is 10.0. The zero-order valence-electron chi connectivity index (χ0n) is 15.2. The number of methoxy groups -OCH3 is 1. The topological polar surface area (TPSA) is 57.7 Å². The molecule has 0 saturated heterocycles. The lowest BCUT2D eigenvalue weighted by Crippen LogP contribution is -2.17. The normalized spacial score (nSPS) is 12.5. The number of pyridine rings is 1. The van der Waals surface area contributed by atoms with Crippen LogP contribution in [0.25, 0.3) is 11.3 Å². The van der Waals surface area contributed by atoms with Crippen LogP contribution in [0.1, 0.15) is 21.6 Å². The van der Waals surface area contributed by atoms with Crippen LogP contribution in [0.5, 0.6) is 17.2 Å². The summed E-state index contributed by atoms with van der Waals surface area (Å²) in [6.45, 7) is 2.93. The number of carbonyl (C=O) groups excluding carboxylic acids is 1. The molecule has 0 fully saturated rings. The van der Waals surface area contributed by atoms with Crippen LogP contribution in [0.2, 0.25) is 0 Å². The van der Waals surface area contributed by atoms with Gasteiger partial charge in [0.05, 0.1) is 12.8 Å². The molecule has 1 aliphatic heterocycles. The van der Waals surface area contributed by atoms with Gasteiger partial charge in [0.25, 0.3) is 0 Å². The van der Waals surface area contributed by atoms with Crippen molar-refractivity contribution in [1.29, 1.82) is 0 Å². The summed E-state index contributed by atoms with van der Waals surface area (Å²) in [7, 11) is 1.54. The van der Waals surface area contributed by atoms with Gasteiger partial charge in [-0.05, 0) is 31.2 Å². The molecule has 1 aromatic heterocycles. The number of ketones is 1. The first-order chi connectivity index (χ1) is 13.2. The first-order valence-corrected chi connectivity index (χ1v) is 8.72. The van der Waals surface area contributed by atoms with Crippen LogP contribution in [0, 0.1) is 6.92 Å². The molecule has 5 heteroatoms. The molecule has 0 radical (unpaired) electrons. The number of hydrogen-bond donors (Lipinski definition) is 0. The van der Waals surface area contributed by atoms with Gasteiger partial charge in [-0.3, -0.25) is 4.79 Å². The number of aryl methyl sites for hydroxylation is 1. The van der Waals surface area contributed by atoms with Crippen LogP contribution in [0.15, 0.2) is 54.6 Å². The van der Waals surface area contributed by atoms with E-state index in [-0.39, 0.29) is 5.78 Å². The summed E-state index contributed by atoms with van der Waals surface area (Å²) in [5, 5.41) is 0. The fourth-order valence-corrected chi connectivity index (χ4v) is 3.00. The zero-order chi connectivity index (χ0) is 18.8. The van der Waals surface area contributed by atoms with Crippen LogP contribution in [-0.2, 0) is 0 Å². The van der Waals surface area contributed by atoms with E-state index in [1.54, 1.807) is 18.2 Å². The molecule has 2 heterocycles. The minimum Gasteiger partial charge on any atom is -0.493 e. The van der Waals surface area contributed by atoms with Crippen molar-refractivity contribution >= 4 is 5.78 Å². The monoisotopic (exact) mass is 361 g/mol. The van der Waals surface area contributed by atoms with E-state index < -0.39 is 0 Å². The molecule has 0 spiro atoms. The number of ether oxygens (including phenoxy) is 3. The molecule has 136 valence electrons. The summed E-state index contributed by atoms with van der Waals surface area (Å²) in [5.74, 6) is 1.32. The van der Waals surface area contributed by atoms with E-state index in [9.17, 15) is 4.79 Å². The number of rotatable bonds is 4. The van der Waals surface area contributed by atoms with E-state index in [0.717, 1.165) is 11.3 Å². The minimum atomic E-state index is -0.195. The van der Waals surface area contributed by atoms with Gasteiger partial charge in [0.1, 0.15) is 18.9 Å². The Hall–Kier alpha value is -3.34. The molecule has 0 saturated carbocycles. The second-order valence-electron chi connectivity index (χ2n) is 6.31. The SMILES string of the molecule is COc1cc(C(=O)c2cccc(-c3ccc(C)cc3)n2)cc2c1OCCO2. The Balaban J connectivity index is 1.71. The van der Waals surface area contributed by atoms with Gasteiger partial charge in [-0.2, -0.15) is 0 Å². The number of hydrogen-bond acceptors (Lipinski definition) is 5. The van der Waals surface area contributed by atoms with Crippen molar-refractivity contribution in [3.05, 3.63) is 71.4 Å². The number of benzene rings is 2. The van der Waals surface area contributed by atoms with Crippen LogP contribution < -0.4 is 14.2 Å². The maximum atomic E-state index is 13.0. The van der Waals surface area contributed by atoms with Gasteiger partial charge in [-0.25, -0.2) is 4.98 Å². The summed E-state index contributed by atoms with van der Waals surface area (Å²) in [6, 6.07) is 16.8. The molecule has 3 aromatic rings. The predicted molar refractivity (Wildman–Crippen MR) is 102 cm³/mol. The van der Waals surface area contributed by atoms with Crippen molar-refractivity contribution in [2.45, 2.75) is 6.92 Å². The number of nitrogens with zero attached hydrogens (tertiary/aromatic N) is 1. The van der Waals surface area contributed by atoms with Gasteiger partial charge in [0.15, 0.2) is 11.5 Å². The van der Waals surface area contributed by atoms with Gasteiger partial charge >= 0.3 is 0 Å². The molecule has 5 nitrogen and oxygen atoms in total. The van der Waals surface area contributed by atoms with Crippen molar-refractivity contribution in [3.8, 4) is 28.5 Å². The van der Waals surface area contributed by atoms with E-state index in [2.05, 4.69) is 4.98 Å². The molecule has 0 aliphatic carbocycles. The van der Waals surface area contributed by atoms with E-state index in [4.69, 9.17) is 14.2 Å². The molecule has 4 rings (SSSR count). The van der Waals surface area contributed by atoms with Gasteiger partial charge in [0.2, 0.25) is 11.5 Å². The minimum absolute atomic E-state index is 0.195. The van der Waals surface area contributed by atoms with Crippen LogP contribution in [0.4, 0.5) is 0 Å². The lowest BCUT2D eigenvalue weighted by Gasteiger charge is -2.21. The largest absolute Gasteiger partial charge is 0.493 e. The third kappa shape index (κ3) is 3.36. The molecule has 0 atom stereocenters. The smallest absolute Gasteiger partial charge is 0.211 e. The number of carbonyl (C=O) groups is 1. The van der Waals surface area contributed by atoms with E-state index in [1.807, 2.05) is 43.3 Å². The van der Waals surface area contributed by atoms with Gasteiger partial charge in [-0.15, -0.1) is 0 Å². The van der Waals surface area contributed by atoms with E-state index >= 15 is 0 Å². The summed E-state index contributed by atoms with van der Waals surface area (Å²) >= 11 is 0. The van der Waals surface area contributed by atoms with Crippen LogP contribution in [-0.4, -0.2) is 31.1 Å². The standard InChI is InChI=1S/C22H19NO4/c1-14-6-8-15(9-7-14)17-4-3-5-18(23-17)21(24)16-12-19(25-2)22-20(13-16)26-10-11-27-22/h3-9,12-13H,10-11H2,1-2H3. The van der Waals surface area contributed by atoms with Crippen molar-refractivity contribution in [3.63, 3.8) is 0 Å². The highest BCUT2D eigenvalue weighted by Crippen LogP contribution is 2.40. The van der Waals surface area contributed by atoms with Crippen molar-refractivity contribution in [2.75, 3.05) is 20.3 Å². The maximum absolute atomic E-state index is 13.0. The van der Waals surface area contributed by atoms with Gasteiger partial charge in [-0.1, -0.05) is 35.9 Å². The summed E-state index contributed by atoms with van der Waals surface area (Å²) in [6.07, 6.45) is 0. The second kappa shape index (κ2) is 7.11. The molecule has 0 N–H and O–H groups in total. The Kier molecular flexibility index (Phi) is 4.50. The van der Waals surface area contributed by atoms with Crippen molar-refractivity contribution in [1.82, 2.24) is 4.98 Å².